The van der Waals surface area contributed by atoms with Gasteiger partial charge in [-0.1, -0.05) is 18.6 Å². The minimum absolute atomic E-state index is 0.0974. The van der Waals surface area contributed by atoms with Gasteiger partial charge in [0.05, 0.1) is 21.7 Å². The molecule has 1 heterocycles. The van der Waals surface area contributed by atoms with E-state index in [0.717, 1.165) is 48.2 Å². The topological polar surface area (TPSA) is 82.5 Å². The van der Waals surface area contributed by atoms with Crippen molar-refractivity contribution in [3.63, 3.8) is 0 Å². The number of rotatable bonds is 9. The van der Waals surface area contributed by atoms with Crippen LogP contribution < -0.4 is 10.4 Å². The third-order valence-electron chi connectivity index (χ3n) is 4.93. The summed E-state index contributed by atoms with van der Waals surface area (Å²) in [6.45, 7) is 2.13. The van der Waals surface area contributed by atoms with Crippen LogP contribution in [-0.2, 0) is 11.2 Å². The first-order valence-corrected chi connectivity index (χ1v) is 10.1. The van der Waals surface area contributed by atoms with E-state index in [1.807, 2.05) is 24.3 Å². The predicted molar refractivity (Wildman–Crippen MR) is 106 cm³/mol. The molecule has 0 saturated heterocycles. The molecule has 2 aromatic rings. The first kappa shape index (κ1) is 19.7. The van der Waals surface area contributed by atoms with E-state index in [4.69, 9.17) is 0 Å². The molecule has 1 aliphatic rings. The number of thiazole rings is 1. The summed E-state index contributed by atoms with van der Waals surface area (Å²) in [4.78, 5) is 27.5. The predicted octanol–water partition coefficient (Wildman–Crippen LogP) is 3.28. The Morgan fingerprint density at radius 1 is 1.41 bits per heavy atom. The van der Waals surface area contributed by atoms with Gasteiger partial charge in [-0.25, -0.2) is 15.4 Å². The van der Waals surface area contributed by atoms with E-state index in [1.54, 1.807) is 6.20 Å². The SMILES string of the molecule is CC(=O)N(NCCCc1ncc(C=O)s1)c1ccc(C(O)C2CCC2)cc1. The van der Waals surface area contributed by atoms with Crippen molar-refractivity contribution in [2.75, 3.05) is 11.6 Å². The van der Waals surface area contributed by atoms with Gasteiger partial charge in [-0.3, -0.25) is 9.59 Å². The quantitative estimate of drug-likeness (QED) is 0.392. The largest absolute Gasteiger partial charge is 0.388 e. The Balaban J connectivity index is 1.53. The average Bonchev–Trinajstić information content (AvgIpc) is 3.08. The highest BCUT2D eigenvalue weighted by Crippen LogP contribution is 2.37. The van der Waals surface area contributed by atoms with Crippen molar-refractivity contribution in [1.29, 1.82) is 0 Å². The van der Waals surface area contributed by atoms with Crippen LogP contribution in [0.1, 0.15) is 59.0 Å². The number of carbonyl (C=O) groups is 2. The fourth-order valence-electron chi connectivity index (χ4n) is 3.16. The Hall–Kier alpha value is -2.09. The minimum Gasteiger partial charge on any atom is -0.388 e. The van der Waals surface area contributed by atoms with Gasteiger partial charge in [0.1, 0.15) is 0 Å². The molecule has 0 aliphatic heterocycles. The smallest absolute Gasteiger partial charge is 0.238 e. The number of aldehydes is 1. The van der Waals surface area contributed by atoms with Crippen molar-refractivity contribution < 1.29 is 14.7 Å². The zero-order valence-electron chi connectivity index (χ0n) is 15.4. The molecule has 1 fully saturated rings. The Labute approximate surface area is 163 Å². The Morgan fingerprint density at radius 3 is 2.70 bits per heavy atom. The van der Waals surface area contributed by atoms with Crippen LogP contribution in [0.4, 0.5) is 5.69 Å². The lowest BCUT2D eigenvalue weighted by Crippen LogP contribution is -2.42. The monoisotopic (exact) mass is 387 g/mol. The van der Waals surface area contributed by atoms with Gasteiger partial charge >= 0.3 is 0 Å². The number of nitrogens with zero attached hydrogens (tertiary/aromatic N) is 2. The summed E-state index contributed by atoms with van der Waals surface area (Å²) >= 11 is 1.40. The van der Waals surface area contributed by atoms with Gasteiger partial charge in [-0.2, -0.15) is 0 Å². The standard InChI is InChI=1S/C20H25N3O3S/c1-14(25)23(22-11-3-6-19-21-12-18(13-24)27-19)17-9-7-16(8-10-17)20(26)15-4-2-5-15/h7-10,12-13,15,20,22,26H,2-6,11H2,1H3. The molecule has 3 rings (SSSR count). The molecule has 0 radical (unpaired) electrons. The van der Waals surface area contributed by atoms with Crippen molar-refractivity contribution in [2.24, 2.45) is 5.92 Å². The molecule has 1 saturated carbocycles. The molecule has 1 aromatic heterocycles. The molecular weight excluding hydrogens is 362 g/mol. The van der Waals surface area contributed by atoms with E-state index in [1.165, 1.54) is 29.7 Å². The second-order valence-electron chi connectivity index (χ2n) is 6.87. The van der Waals surface area contributed by atoms with Gasteiger partial charge in [0, 0.05) is 26.1 Å². The number of aromatic nitrogens is 1. The van der Waals surface area contributed by atoms with Gasteiger partial charge in [-0.05, 0) is 42.9 Å². The maximum atomic E-state index is 12.0. The lowest BCUT2D eigenvalue weighted by Gasteiger charge is -2.30. The first-order chi connectivity index (χ1) is 13.1. The van der Waals surface area contributed by atoms with E-state index < -0.39 is 6.10 Å². The Kier molecular flexibility index (Phi) is 6.71. The van der Waals surface area contributed by atoms with Crippen molar-refractivity contribution in [1.82, 2.24) is 10.4 Å². The first-order valence-electron chi connectivity index (χ1n) is 9.30. The van der Waals surface area contributed by atoms with Gasteiger partial charge in [-0.15, -0.1) is 11.3 Å². The summed E-state index contributed by atoms with van der Waals surface area (Å²) in [7, 11) is 0. The number of anilines is 1. The average molecular weight is 388 g/mol. The number of aryl methyl sites for hydroxylation is 1. The van der Waals surface area contributed by atoms with Crippen molar-refractivity contribution in [2.45, 2.75) is 45.1 Å². The van der Waals surface area contributed by atoms with E-state index in [9.17, 15) is 14.7 Å². The van der Waals surface area contributed by atoms with Gasteiger partial charge in [0.25, 0.3) is 0 Å². The summed E-state index contributed by atoms with van der Waals surface area (Å²) < 4.78 is 0. The van der Waals surface area contributed by atoms with Gasteiger partial charge in [0.2, 0.25) is 5.91 Å². The fourth-order valence-corrected chi connectivity index (χ4v) is 3.94. The van der Waals surface area contributed by atoms with Crippen LogP contribution in [0, 0.1) is 5.92 Å². The van der Waals surface area contributed by atoms with Crippen LogP contribution in [0.3, 0.4) is 0 Å². The van der Waals surface area contributed by atoms with Crippen LogP contribution in [0.2, 0.25) is 0 Å². The highest BCUT2D eigenvalue weighted by Gasteiger charge is 2.26. The summed E-state index contributed by atoms with van der Waals surface area (Å²) in [6.07, 6.45) is 6.89. The number of hydrogen-bond acceptors (Lipinski definition) is 6. The zero-order valence-corrected chi connectivity index (χ0v) is 16.2. The van der Waals surface area contributed by atoms with Crippen LogP contribution in [0.5, 0.6) is 0 Å². The highest BCUT2D eigenvalue weighted by molar-refractivity contribution is 7.13. The molecule has 0 spiro atoms. The summed E-state index contributed by atoms with van der Waals surface area (Å²) in [5, 5.41) is 12.8. The van der Waals surface area contributed by atoms with Crippen molar-refractivity contribution in [3.05, 3.63) is 45.9 Å². The molecule has 27 heavy (non-hydrogen) atoms. The fraction of sp³-hybridized carbons (Fsp3) is 0.450. The Morgan fingerprint density at radius 2 is 2.15 bits per heavy atom. The number of carbonyl (C=O) groups excluding carboxylic acids is 2. The third-order valence-corrected chi connectivity index (χ3v) is 5.91. The maximum Gasteiger partial charge on any atom is 0.238 e. The van der Waals surface area contributed by atoms with Crippen LogP contribution in [0.15, 0.2) is 30.5 Å². The molecule has 1 amide bonds. The number of aliphatic hydroxyl groups is 1. The summed E-state index contributed by atoms with van der Waals surface area (Å²) in [6, 6.07) is 7.52. The second kappa shape index (κ2) is 9.21. The summed E-state index contributed by atoms with van der Waals surface area (Å²) in [5.74, 6) is 0.267. The molecule has 6 nitrogen and oxygen atoms in total. The molecule has 1 unspecified atom stereocenters. The number of aliphatic hydroxyl groups excluding tert-OH is 1. The molecular formula is C20H25N3O3S. The number of nitrogens with one attached hydrogen (secondary N) is 1. The molecule has 1 aliphatic carbocycles. The van der Waals surface area contributed by atoms with Gasteiger partial charge in [0.15, 0.2) is 6.29 Å². The van der Waals surface area contributed by atoms with E-state index in [0.29, 0.717) is 17.3 Å². The minimum atomic E-state index is -0.416. The number of benzene rings is 1. The zero-order chi connectivity index (χ0) is 19.2. The van der Waals surface area contributed by atoms with E-state index >= 15 is 0 Å². The lowest BCUT2D eigenvalue weighted by atomic mass is 9.79. The van der Waals surface area contributed by atoms with Crippen molar-refractivity contribution in [3.8, 4) is 0 Å². The van der Waals surface area contributed by atoms with Gasteiger partial charge < -0.3 is 5.11 Å². The third kappa shape index (κ3) is 5.00. The number of amides is 1. The van der Waals surface area contributed by atoms with Crippen LogP contribution in [-0.4, -0.2) is 28.8 Å². The van der Waals surface area contributed by atoms with E-state index in [-0.39, 0.29) is 5.91 Å². The number of hydrogen-bond donors (Lipinski definition) is 2. The molecule has 0 bridgehead atoms. The van der Waals surface area contributed by atoms with Crippen LogP contribution >= 0.6 is 11.3 Å². The number of hydrazine groups is 1. The van der Waals surface area contributed by atoms with E-state index in [2.05, 4.69) is 10.4 Å². The molecule has 7 heteroatoms. The van der Waals surface area contributed by atoms with Crippen LogP contribution in [0.25, 0.3) is 0 Å². The summed E-state index contributed by atoms with van der Waals surface area (Å²) in [5.41, 5.74) is 4.81. The normalized spacial score (nSPS) is 15.2. The molecule has 1 atom stereocenters. The second-order valence-corrected chi connectivity index (χ2v) is 8.01. The maximum absolute atomic E-state index is 12.0. The Bertz CT molecular complexity index is 771. The molecule has 144 valence electrons. The highest BCUT2D eigenvalue weighted by atomic mass is 32.1. The van der Waals surface area contributed by atoms with Crippen molar-refractivity contribution >= 4 is 29.2 Å². The molecule has 2 N–H and O–H groups in total. The molecule has 1 aromatic carbocycles. The lowest BCUT2D eigenvalue weighted by molar-refractivity contribution is -0.117.